The molecule has 0 atom stereocenters. The Morgan fingerprint density at radius 3 is 1.00 bits per heavy atom. The Labute approximate surface area is 340 Å². The molecule has 9 aromatic rings. The van der Waals surface area contributed by atoms with Crippen LogP contribution in [0.4, 0.5) is 0 Å². The number of aryl methyl sites for hydroxylation is 1. The molecule has 0 spiro atoms. The van der Waals surface area contributed by atoms with Crippen molar-refractivity contribution < 1.29 is 14.6 Å². The first kappa shape index (κ1) is 38.4. The van der Waals surface area contributed by atoms with Crippen molar-refractivity contribution in [1.82, 2.24) is 0 Å². The van der Waals surface area contributed by atoms with Crippen molar-refractivity contribution in [3.05, 3.63) is 230 Å². The fraction of sp³-hybridized carbons (Fsp3) is 0.0196. The van der Waals surface area contributed by atoms with E-state index < -0.39 is 15.8 Å². The normalized spacial score (nSPS) is 10.8. The third-order valence-electron chi connectivity index (χ3n) is 9.47. The molecule has 9 aromatic carbocycles. The molecule has 0 saturated heterocycles. The van der Waals surface area contributed by atoms with Crippen LogP contribution in [0, 0.1) is 13.0 Å². The average molecular weight is 808 g/mol. The Kier molecular flexibility index (Phi) is 13.4. The van der Waals surface area contributed by atoms with Gasteiger partial charge in [0, 0.05) is 0 Å². The minimum atomic E-state index is -0.852. The van der Waals surface area contributed by atoms with Gasteiger partial charge in [0.2, 0.25) is 0 Å². The summed E-state index contributed by atoms with van der Waals surface area (Å²) in [7, 11) is 2.56. The summed E-state index contributed by atoms with van der Waals surface area (Å²) in [5, 5.41) is 13.3. The monoisotopic (exact) mass is 806 g/mol. The molecule has 0 radical (unpaired) electrons. The molecule has 0 aromatic heterocycles. The van der Waals surface area contributed by atoms with Crippen molar-refractivity contribution in [3.63, 3.8) is 0 Å². The molecular weight excluding hydrogens is 769 g/mol. The van der Waals surface area contributed by atoms with Crippen LogP contribution in [0.15, 0.2) is 218 Å². The molecule has 0 saturated carbocycles. The molecule has 9 rings (SSSR count). The third kappa shape index (κ3) is 8.84. The van der Waals surface area contributed by atoms with Crippen LogP contribution >= 0.6 is 26.0 Å². The van der Waals surface area contributed by atoms with E-state index in [1.54, 1.807) is 0 Å². The van der Waals surface area contributed by atoms with Crippen molar-refractivity contribution >= 4 is 79.4 Å². The number of benzene rings is 9. The van der Waals surface area contributed by atoms with E-state index in [4.69, 9.17) is 0 Å². The maximum absolute atomic E-state index is 4.26. The van der Waals surface area contributed by atoms with Gasteiger partial charge in [0.05, 0.1) is 0 Å². The second kappa shape index (κ2) is 19.1. The zero-order chi connectivity index (χ0) is 37.8. The fourth-order valence-electron chi connectivity index (χ4n) is 7.06. The van der Waals surface area contributed by atoms with E-state index in [1.807, 2.05) is 31.2 Å². The summed E-state index contributed by atoms with van der Waals surface area (Å²) in [5.41, 5.74) is 3.90. The average Bonchev–Trinajstić information content (AvgIpc) is 3.27. The summed E-state index contributed by atoms with van der Waals surface area (Å²) in [5.74, 6) is 0. The summed E-state index contributed by atoms with van der Waals surface area (Å²) in [6.45, 7) is 2.03. The van der Waals surface area contributed by atoms with Crippen LogP contribution in [-0.4, -0.2) is 0 Å². The minimum Gasteiger partial charge on any atom is -0.0622 e. The largest absolute Gasteiger partial charge is 0.0622 e. The maximum Gasteiger partial charge on any atom is -0.000884 e. The van der Waals surface area contributed by atoms with Crippen LogP contribution < -0.4 is 31.8 Å². The van der Waals surface area contributed by atoms with Crippen LogP contribution in [0.5, 0.6) is 0 Å². The Morgan fingerprint density at radius 2 is 0.691 bits per heavy atom. The van der Waals surface area contributed by atoms with E-state index >= 15 is 0 Å². The van der Waals surface area contributed by atoms with Gasteiger partial charge < -0.3 is 0 Å². The Bertz CT molecular complexity index is 2320. The van der Waals surface area contributed by atoms with Crippen molar-refractivity contribution in [2.75, 3.05) is 0 Å². The molecule has 0 unspecified atom stereocenters. The molecule has 0 aliphatic heterocycles. The first-order chi connectivity index (χ1) is 27.3. The second-order valence-electron chi connectivity index (χ2n) is 12.9. The van der Waals surface area contributed by atoms with E-state index in [0.717, 1.165) is 0 Å². The molecule has 55 heavy (non-hydrogen) atoms. The van der Waals surface area contributed by atoms with Crippen molar-refractivity contribution in [3.8, 4) is 11.1 Å². The van der Waals surface area contributed by atoms with Crippen molar-refractivity contribution in [2.45, 2.75) is 6.92 Å². The summed E-state index contributed by atoms with van der Waals surface area (Å²) < 4.78 is 0. The Balaban J connectivity index is 0.000000462. The number of fused-ring (bicyclic) bond motifs is 2. The molecule has 0 aliphatic carbocycles. The van der Waals surface area contributed by atoms with Crippen molar-refractivity contribution in [1.29, 1.82) is 0 Å². The molecular formula is C51H39ClNiP2-. The zero-order valence-corrected chi connectivity index (χ0v) is 33.9. The molecule has 0 aliphatic rings. The topological polar surface area (TPSA) is 0 Å². The van der Waals surface area contributed by atoms with Gasteiger partial charge in [-0.15, -0.1) is 0 Å². The van der Waals surface area contributed by atoms with Gasteiger partial charge in [0.25, 0.3) is 0 Å². The molecule has 4 heteroatoms. The Hall–Kier alpha value is -4.86. The van der Waals surface area contributed by atoms with E-state index in [0.29, 0.717) is 0 Å². The van der Waals surface area contributed by atoms with E-state index in [-0.39, 0.29) is 0 Å². The number of hydrogen-bond acceptors (Lipinski definition) is 0. The third-order valence-corrected chi connectivity index (χ3v) is 14.4. The van der Waals surface area contributed by atoms with Crippen LogP contribution in [0.2, 0.25) is 0 Å². The standard InChI is InChI=1S/C44H32P2.C7H7.ClH.Ni/c1-5-19-35(20-6-1)45(36-21-7-2-8-22-36)41-31-29-33-17-13-15-27-39(33)43(41)44-40-28-16-14-18-34(40)30-32-42(44)46(37-23-9-3-10-24-37)38-25-11-4-12-26-38;1-7-5-3-2-4-6-7;;/h1-32H;2-5H,1H3;1H;/q;-1;;+1/p-1. The Morgan fingerprint density at radius 1 is 0.364 bits per heavy atom. The fourth-order valence-corrected chi connectivity index (χ4v) is 12.0. The summed E-state index contributed by atoms with van der Waals surface area (Å²) in [6.07, 6.45) is 0. The van der Waals surface area contributed by atoms with E-state index in [9.17, 15) is 0 Å². The van der Waals surface area contributed by atoms with Gasteiger partial charge in [-0.3, -0.25) is 0 Å². The first-order valence-electron chi connectivity index (χ1n) is 18.2. The van der Waals surface area contributed by atoms with Gasteiger partial charge in [-0.25, -0.2) is 0 Å². The van der Waals surface area contributed by atoms with Gasteiger partial charge in [-0.05, 0) is 80.3 Å². The SMILES string of the molecule is Cc1[c-]cccc1.[Cl][Ni].c1ccc(P(c2ccccc2)c2ccc3ccccc3c2-c2c(P(c3ccccc3)c3ccccc3)ccc3ccccc23)cc1. The summed E-state index contributed by atoms with van der Waals surface area (Å²) >= 11 is 3.35. The predicted molar refractivity (Wildman–Crippen MR) is 240 cm³/mol. The molecule has 0 heterocycles. The van der Waals surface area contributed by atoms with E-state index in [2.05, 4.69) is 225 Å². The van der Waals surface area contributed by atoms with Crippen LogP contribution in [0.1, 0.15) is 5.56 Å². The second-order valence-corrected chi connectivity index (χ2v) is 17.3. The zero-order valence-electron chi connectivity index (χ0n) is 30.4. The van der Waals surface area contributed by atoms with Gasteiger partial charge in [0.15, 0.2) is 0 Å². The van der Waals surface area contributed by atoms with Crippen LogP contribution in [0.3, 0.4) is 0 Å². The summed E-state index contributed by atoms with van der Waals surface area (Å²) in [4.78, 5) is 0. The van der Waals surface area contributed by atoms with Gasteiger partial charge in [-0.1, -0.05) is 201 Å². The van der Waals surface area contributed by atoms with E-state index in [1.165, 1.54) is 70.1 Å². The van der Waals surface area contributed by atoms with Gasteiger partial charge >= 0.3 is 24.8 Å². The molecule has 0 nitrogen and oxygen atoms in total. The van der Waals surface area contributed by atoms with Crippen molar-refractivity contribution in [2.24, 2.45) is 0 Å². The number of halogens is 1. The predicted octanol–water partition coefficient (Wildman–Crippen LogP) is 11.7. The van der Waals surface area contributed by atoms with Gasteiger partial charge in [0.1, 0.15) is 0 Å². The minimum absolute atomic E-state index is 0.852. The van der Waals surface area contributed by atoms with Crippen LogP contribution in [-0.2, 0) is 14.6 Å². The van der Waals surface area contributed by atoms with Crippen LogP contribution in [0.25, 0.3) is 32.7 Å². The first-order valence-corrected chi connectivity index (χ1v) is 22.2. The smallest absolute Gasteiger partial charge is 0.000884 e. The molecule has 0 amide bonds. The molecule has 0 N–H and O–H groups in total. The maximum atomic E-state index is 4.26. The quantitative estimate of drug-likeness (QED) is 0.0855. The number of hydrogen-bond donors (Lipinski definition) is 0. The molecule has 271 valence electrons. The van der Waals surface area contributed by atoms with Gasteiger partial charge in [-0.2, -0.15) is 35.9 Å². The summed E-state index contributed by atoms with van der Waals surface area (Å²) in [6, 6.07) is 82.8. The number of rotatable bonds is 7. The molecule has 0 fully saturated rings. The molecule has 0 bridgehead atoms.